The van der Waals surface area contributed by atoms with Crippen LogP contribution >= 0.6 is 22.6 Å². The molecule has 11 heavy (non-hydrogen) atoms. The van der Waals surface area contributed by atoms with Crippen LogP contribution in [0.25, 0.3) is 0 Å². The molecule has 1 atom stereocenters. The van der Waals surface area contributed by atoms with E-state index in [0.717, 1.165) is 12.8 Å². The molecule has 0 bridgehead atoms. The third-order valence-electron chi connectivity index (χ3n) is 2.24. The van der Waals surface area contributed by atoms with Crippen LogP contribution in [0.1, 0.15) is 23.6 Å². The number of aryl methyl sites for hydroxylation is 1. The summed E-state index contributed by atoms with van der Waals surface area (Å²) in [5.74, 6) is 0. The topological polar surface area (TPSA) is 26.0 Å². The average molecular weight is 259 g/mol. The molecule has 0 saturated heterocycles. The fourth-order valence-corrected chi connectivity index (χ4v) is 2.62. The average Bonchev–Trinajstić information content (AvgIpc) is 2.34. The Morgan fingerprint density at radius 1 is 1.45 bits per heavy atom. The minimum absolute atomic E-state index is 0.290. The molecular formula is C9H10IN. The second kappa shape index (κ2) is 2.75. The van der Waals surface area contributed by atoms with Gasteiger partial charge in [0.1, 0.15) is 0 Å². The SMILES string of the molecule is N[C@H]1CCc2cccc(I)c21. The molecule has 0 heterocycles. The van der Waals surface area contributed by atoms with Crippen molar-refractivity contribution < 1.29 is 0 Å². The Morgan fingerprint density at radius 2 is 2.27 bits per heavy atom. The highest BCUT2D eigenvalue weighted by atomic mass is 127. The lowest BCUT2D eigenvalue weighted by Gasteiger charge is -2.06. The molecule has 0 aliphatic heterocycles. The van der Waals surface area contributed by atoms with Gasteiger partial charge >= 0.3 is 0 Å². The normalized spacial score (nSPS) is 21.8. The molecule has 0 saturated carbocycles. The summed E-state index contributed by atoms with van der Waals surface area (Å²) in [6.45, 7) is 0. The summed E-state index contributed by atoms with van der Waals surface area (Å²) in [4.78, 5) is 0. The number of hydrogen-bond acceptors (Lipinski definition) is 1. The van der Waals surface area contributed by atoms with Crippen molar-refractivity contribution in [2.45, 2.75) is 18.9 Å². The molecule has 0 aromatic heterocycles. The van der Waals surface area contributed by atoms with Crippen LogP contribution in [0.5, 0.6) is 0 Å². The van der Waals surface area contributed by atoms with E-state index >= 15 is 0 Å². The van der Waals surface area contributed by atoms with Crippen LogP contribution in [0.2, 0.25) is 0 Å². The maximum absolute atomic E-state index is 5.94. The Balaban J connectivity index is 2.58. The lowest BCUT2D eigenvalue weighted by molar-refractivity contribution is 0.711. The van der Waals surface area contributed by atoms with E-state index in [-0.39, 0.29) is 6.04 Å². The lowest BCUT2D eigenvalue weighted by atomic mass is 10.1. The lowest BCUT2D eigenvalue weighted by Crippen LogP contribution is -2.06. The number of hydrogen-bond donors (Lipinski definition) is 1. The maximum atomic E-state index is 5.94. The molecule has 2 rings (SSSR count). The molecular weight excluding hydrogens is 249 g/mol. The zero-order valence-corrected chi connectivity index (χ0v) is 8.34. The van der Waals surface area contributed by atoms with Gasteiger partial charge in [0.25, 0.3) is 0 Å². The molecule has 2 heteroatoms. The first-order valence-corrected chi connectivity index (χ1v) is 4.90. The van der Waals surface area contributed by atoms with E-state index in [0.29, 0.717) is 0 Å². The van der Waals surface area contributed by atoms with Crippen molar-refractivity contribution in [3.8, 4) is 0 Å². The van der Waals surface area contributed by atoms with Crippen molar-refractivity contribution in [1.82, 2.24) is 0 Å². The minimum Gasteiger partial charge on any atom is -0.324 e. The Labute approximate surface area is 80.1 Å². The van der Waals surface area contributed by atoms with E-state index in [4.69, 9.17) is 5.73 Å². The Bertz CT molecular complexity index is 283. The Kier molecular flexibility index (Phi) is 1.89. The van der Waals surface area contributed by atoms with Crippen molar-refractivity contribution in [3.63, 3.8) is 0 Å². The van der Waals surface area contributed by atoms with Crippen LogP contribution in [0.15, 0.2) is 18.2 Å². The molecule has 1 nitrogen and oxygen atoms in total. The molecule has 1 aliphatic carbocycles. The quantitative estimate of drug-likeness (QED) is 0.710. The molecule has 1 aliphatic rings. The highest BCUT2D eigenvalue weighted by Gasteiger charge is 2.20. The fourth-order valence-electron chi connectivity index (χ4n) is 1.67. The van der Waals surface area contributed by atoms with Gasteiger partial charge in [-0.2, -0.15) is 0 Å². The maximum Gasteiger partial charge on any atom is 0.0311 e. The predicted octanol–water partition coefficient (Wildman–Crippen LogP) is 2.24. The summed E-state index contributed by atoms with van der Waals surface area (Å²) in [5.41, 5.74) is 8.77. The number of halogens is 1. The molecule has 1 aromatic rings. The highest BCUT2D eigenvalue weighted by Crippen LogP contribution is 2.32. The summed E-state index contributed by atoms with van der Waals surface area (Å²) in [6.07, 6.45) is 2.28. The van der Waals surface area contributed by atoms with E-state index in [9.17, 15) is 0 Å². The smallest absolute Gasteiger partial charge is 0.0311 e. The zero-order valence-electron chi connectivity index (χ0n) is 6.18. The first-order valence-electron chi connectivity index (χ1n) is 3.82. The molecule has 0 amide bonds. The van der Waals surface area contributed by atoms with Gasteiger partial charge in [-0.25, -0.2) is 0 Å². The highest BCUT2D eigenvalue weighted by molar-refractivity contribution is 14.1. The fraction of sp³-hybridized carbons (Fsp3) is 0.333. The van der Waals surface area contributed by atoms with Crippen molar-refractivity contribution in [3.05, 3.63) is 32.9 Å². The molecule has 0 radical (unpaired) electrons. The van der Waals surface area contributed by atoms with Gasteiger partial charge in [0, 0.05) is 9.61 Å². The van der Waals surface area contributed by atoms with Crippen molar-refractivity contribution in [2.75, 3.05) is 0 Å². The van der Waals surface area contributed by atoms with Crippen LogP contribution in [0.4, 0.5) is 0 Å². The van der Waals surface area contributed by atoms with Crippen LogP contribution in [-0.2, 0) is 6.42 Å². The molecule has 58 valence electrons. The van der Waals surface area contributed by atoms with Gasteiger partial charge in [-0.05, 0) is 52.6 Å². The summed E-state index contributed by atoms with van der Waals surface area (Å²) in [7, 11) is 0. The van der Waals surface area contributed by atoms with Gasteiger partial charge in [0.2, 0.25) is 0 Å². The molecule has 0 spiro atoms. The minimum atomic E-state index is 0.290. The van der Waals surface area contributed by atoms with Gasteiger partial charge in [0.15, 0.2) is 0 Å². The zero-order chi connectivity index (χ0) is 7.84. The van der Waals surface area contributed by atoms with Gasteiger partial charge < -0.3 is 5.73 Å². The molecule has 0 fully saturated rings. The number of nitrogens with two attached hydrogens (primary N) is 1. The van der Waals surface area contributed by atoms with Gasteiger partial charge in [-0.3, -0.25) is 0 Å². The summed E-state index contributed by atoms with van der Waals surface area (Å²) in [6, 6.07) is 6.71. The van der Waals surface area contributed by atoms with Gasteiger partial charge in [-0.1, -0.05) is 12.1 Å². The predicted molar refractivity (Wildman–Crippen MR) is 54.4 cm³/mol. The first-order chi connectivity index (χ1) is 5.29. The third kappa shape index (κ3) is 1.18. The molecule has 0 unspecified atom stereocenters. The third-order valence-corrected chi connectivity index (χ3v) is 3.18. The van der Waals surface area contributed by atoms with E-state index in [1.54, 1.807) is 0 Å². The Hall–Kier alpha value is -0.0900. The van der Waals surface area contributed by atoms with Crippen LogP contribution in [0.3, 0.4) is 0 Å². The van der Waals surface area contributed by atoms with Crippen LogP contribution < -0.4 is 5.73 Å². The monoisotopic (exact) mass is 259 g/mol. The number of rotatable bonds is 0. The van der Waals surface area contributed by atoms with E-state index in [1.807, 2.05) is 0 Å². The van der Waals surface area contributed by atoms with Crippen LogP contribution in [-0.4, -0.2) is 0 Å². The van der Waals surface area contributed by atoms with E-state index < -0.39 is 0 Å². The summed E-state index contributed by atoms with van der Waals surface area (Å²) in [5, 5.41) is 0. The number of benzene rings is 1. The largest absolute Gasteiger partial charge is 0.324 e. The first kappa shape index (κ1) is 7.55. The Morgan fingerprint density at radius 3 is 3.00 bits per heavy atom. The number of fused-ring (bicyclic) bond motifs is 1. The summed E-state index contributed by atoms with van der Waals surface area (Å²) >= 11 is 2.36. The van der Waals surface area contributed by atoms with Gasteiger partial charge in [-0.15, -0.1) is 0 Å². The molecule has 2 N–H and O–H groups in total. The summed E-state index contributed by atoms with van der Waals surface area (Å²) < 4.78 is 1.32. The van der Waals surface area contributed by atoms with Crippen molar-refractivity contribution in [2.24, 2.45) is 5.73 Å². The van der Waals surface area contributed by atoms with Crippen molar-refractivity contribution >= 4 is 22.6 Å². The second-order valence-corrected chi connectivity index (χ2v) is 4.12. The molecule has 1 aromatic carbocycles. The second-order valence-electron chi connectivity index (χ2n) is 2.96. The standard InChI is InChI=1S/C9H10IN/c10-7-3-1-2-6-4-5-8(11)9(6)7/h1-3,8H,4-5,11H2/t8-/m0/s1. The van der Waals surface area contributed by atoms with Gasteiger partial charge in [0.05, 0.1) is 0 Å². The van der Waals surface area contributed by atoms with E-state index in [1.165, 1.54) is 14.7 Å². The van der Waals surface area contributed by atoms with Crippen molar-refractivity contribution in [1.29, 1.82) is 0 Å². The van der Waals surface area contributed by atoms with E-state index in [2.05, 4.69) is 40.8 Å². The van der Waals surface area contributed by atoms with Crippen LogP contribution in [0, 0.1) is 3.57 Å².